The van der Waals surface area contributed by atoms with E-state index in [-0.39, 0.29) is 5.91 Å². The number of hydrogen-bond donors (Lipinski definition) is 1. The highest BCUT2D eigenvalue weighted by molar-refractivity contribution is 7.99. The fourth-order valence-electron chi connectivity index (χ4n) is 2.34. The van der Waals surface area contributed by atoms with Crippen molar-refractivity contribution >= 4 is 40.4 Å². The fraction of sp³-hybridized carbons (Fsp3) is 0.375. The van der Waals surface area contributed by atoms with Gasteiger partial charge in [0.15, 0.2) is 0 Å². The fourth-order valence-corrected chi connectivity index (χ4v) is 3.84. The van der Waals surface area contributed by atoms with Crippen LogP contribution in [0.3, 0.4) is 0 Å². The Morgan fingerprint density at radius 3 is 3.04 bits per heavy atom. The summed E-state index contributed by atoms with van der Waals surface area (Å²) in [4.78, 5) is 16.2. The summed E-state index contributed by atoms with van der Waals surface area (Å²) >= 11 is 2.79. The number of nitrogens with one attached hydrogen (secondary N) is 1. The lowest BCUT2D eigenvalue weighted by Crippen LogP contribution is -2.26. The molecule has 0 unspecified atom stereocenters. The van der Waals surface area contributed by atoms with Crippen molar-refractivity contribution in [3.05, 3.63) is 42.0 Å². The molecule has 3 aromatic rings. The highest BCUT2D eigenvalue weighted by Crippen LogP contribution is 2.14. The molecule has 0 saturated heterocycles. The quantitative estimate of drug-likeness (QED) is 0.625. The summed E-state index contributed by atoms with van der Waals surface area (Å²) in [6, 6.07) is 8.07. The number of hydrogen-bond acceptors (Lipinski definition) is 6. The van der Waals surface area contributed by atoms with E-state index >= 15 is 0 Å². The van der Waals surface area contributed by atoms with Crippen molar-refractivity contribution in [2.45, 2.75) is 25.6 Å². The molecule has 0 spiro atoms. The number of nitrogens with zero attached hydrogens (tertiary/aromatic N) is 4. The molecule has 0 radical (unpaired) electrons. The van der Waals surface area contributed by atoms with E-state index in [4.69, 9.17) is 0 Å². The van der Waals surface area contributed by atoms with E-state index in [1.165, 1.54) is 11.7 Å². The number of aromatic nitrogens is 4. The lowest BCUT2D eigenvalue weighted by Gasteiger charge is -2.06. The maximum atomic E-state index is 11.8. The number of carbonyl (C=O) groups excluding carboxylic acids is 1. The van der Waals surface area contributed by atoms with Crippen LogP contribution in [-0.4, -0.2) is 36.5 Å². The minimum Gasteiger partial charge on any atom is -0.355 e. The van der Waals surface area contributed by atoms with E-state index in [0.29, 0.717) is 12.3 Å². The summed E-state index contributed by atoms with van der Waals surface area (Å²) in [5.74, 6) is 1.25. The smallest absolute Gasteiger partial charge is 0.230 e. The number of benzene rings is 1. The number of para-hydroxylation sites is 2. The zero-order valence-corrected chi connectivity index (χ0v) is 15.1. The van der Waals surface area contributed by atoms with E-state index in [2.05, 4.69) is 29.7 Å². The highest BCUT2D eigenvalue weighted by atomic mass is 32.2. The normalized spacial score (nSPS) is 11.0. The van der Waals surface area contributed by atoms with Crippen LogP contribution in [0.4, 0.5) is 0 Å². The van der Waals surface area contributed by atoms with Crippen molar-refractivity contribution in [3.63, 3.8) is 0 Å². The molecular weight excluding hydrogens is 342 g/mol. The number of fused-ring (bicyclic) bond motifs is 1. The van der Waals surface area contributed by atoms with Crippen LogP contribution in [-0.2, 0) is 17.1 Å². The second kappa shape index (κ2) is 8.25. The van der Waals surface area contributed by atoms with Gasteiger partial charge in [0.2, 0.25) is 5.91 Å². The van der Waals surface area contributed by atoms with Gasteiger partial charge < -0.3 is 9.88 Å². The largest absolute Gasteiger partial charge is 0.355 e. The van der Waals surface area contributed by atoms with Crippen molar-refractivity contribution in [1.29, 1.82) is 0 Å². The Kier molecular flexibility index (Phi) is 5.81. The van der Waals surface area contributed by atoms with Gasteiger partial charge in [0.1, 0.15) is 0 Å². The molecule has 126 valence electrons. The molecule has 2 heterocycles. The predicted molar refractivity (Wildman–Crippen MR) is 98.2 cm³/mol. The molecule has 0 aliphatic heterocycles. The molecule has 6 nitrogen and oxygen atoms in total. The van der Waals surface area contributed by atoms with Gasteiger partial charge in [0, 0.05) is 18.8 Å². The molecule has 1 amide bonds. The zero-order chi connectivity index (χ0) is 16.8. The van der Waals surface area contributed by atoms with E-state index in [1.807, 2.05) is 31.5 Å². The van der Waals surface area contributed by atoms with Gasteiger partial charge in [-0.25, -0.2) is 4.98 Å². The average molecular weight is 361 g/mol. The summed E-state index contributed by atoms with van der Waals surface area (Å²) in [7, 11) is 0. The van der Waals surface area contributed by atoms with Crippen molar-refractivity contribution in [2.75, 3.05) is 12.3 Å². The molecular formula is C16H19N5OS2. The number of amides is 1. The van der Waals surface area contributed by atoms with Gasteiger partial charge in [0.25, 0.3) is 0 Å². The minimum atomic E-state index is 0.0660. The van der Waals surface area contributed by atoms with Crippen LogP contribution in [0, 0.1) is 6.92 Å². The molecule has 0 saturated carbocycles. The number of carbonyl (C=O) groups is 1. The lowest BCUT2D eigenvalue weighted by atomic mass is 10.3. The molecule has 0 aliphatic carbocycles. The Labute approximate surface area is 149 Å². The standard InChI is InChI=1S/C16H19N5OS2/c1-12-14(20-24-19-12)9-23-10-16(22)17-7-4-8-21-11-18-13-5-2-3-6-15(13)21/h2-3,5-6,11H,4,7-10H2,1H3,(H,17,22). The van der Waals surface area contributed by atoms with E-state index < -0.39 is 0 Å². The Morgan fingerprint density at radius 1 is 1.33 bits per heavy atom. The minimum absolute atomic E-state index is 0.0660. The van der Waals surface area contributed by atoms with Gasteiger partial charge in [-0.05, 0) is 25.5 Å². The van der Waals surface area contributed by atoms with Gasteiger partial charge >= 0.3 is 0 Å². The Morgan fingerprint density at radius 2 is 2.21 bits per heavy atom. The molecule has 1 N–H and O–H groups in total. The van der Waals surface area contributed by atoms with Gasteiger partial charge in [-0.2, -0.15) is 8.75 Å². The second-order valence-corrected chi connectivity index (χ2v) is 6.93. The molecule has 0 fully saturated rings. The topological polar surface area (TPSA) is 72.7 Å². The SMILES string of the molecule is Cc1nsnc1CSCC(=O)NCCCn1cnc2ccccc21. The van der Waals surface area contributed by atoms with E-state index in [1.54, 1.807) is 11.8 Å². The summed E-state index contributed by atoms with van der Waals surface area (Å²) in [5.41, 5.74) is 4.07. The van der Waals surface area contributed by atoms with Crippen LogP contribution >= 0.6 is 23.5 Å². The third-order valence-electron chi connectivity index (χ3n) is 3.64. The molecule has 0 bridgehead atoms. The first-order chi connectivity index (χ1) is 11.7. The third kappa shape index (κ3) is 4.33. The summed E-state index contributed by atoms with van der Waals surface area (Å²) in [5, 5.41) is 2.96. The summed E-state index contributed by atoms with van der Waals surface area (Å²) in [6.45, 7) is 3.46. The molecule has 3 rings (SSSR count). The molecule has 24 heavy (non-hydrogen) atoms. The molecule has 0 aliphatic rings. The van der Waals surface area contributed by atoms with Crippen LogP contribution in [0.5, 0.6) is 0 Å². The molecule has 0 atom stereocenters. The van der Waals surface area contributed by atoms with Crippen LogP contribution in [0.1, 0.15) is 17.8 Å². The van der Waals surface area contributed by atoms with Crippen LogP contribution < -0.4 is 5.32 Å². The predicted octanol–water partition coefficient (Wildman–Crippen LogP) is 2.64. The zero-order valence-electron chi connectivity index (χ0n) is 13.4. The van der Waals surface area contributed by atoms with Crippen molar-refractivity contribution in [2.24, 2.45) is 0 Å². The number of aryl methyl sites for hydroxylation is 2. The summed E-state index contributed by atoms with van der Waals surface area (Å²) in [6.07, 6.45) is 2.73. The highest BCUT2D eigenvalue weighted by Gasteiger charge is 2.06. The van der Waals surface area contributed by atoms with Crippen LogP contribution in [0.25, 0.3) is 11.0 Å². The molecule has 2 aromatic heterocycles. The Hall–Kier alpha value is -1.93. The van der Waals surface area contributed by atoms with Gasteiger partial charge in [0.05, 0.1) is 46.2 Å². The third-order valence-corrected chi connectivity index (χ3v) is 5.25. The van der Waals surface area contributed by atoms with Crippen LogP contribution in [0.2, 0.25) is 0 Å². The van der Waals surface area contributed by atoms with Gasteiger partial charge in [-0.3, -0.25) is 4.79 Å². The monoisotopic (exact) mass is 361 g/mol. The number of rotatable bonds is 8. The lowest BCUT2D eigenvalue weighted by molar-refractivity contribution is -0.118. The maximum absolute atomic E-state index is 11.8. The van der Waals surface area contributed by atoms with Crippen molar-refractivity contribution in [1.82, 2.24) is 23.6 Å². The molecule has 1 aromatic carbocycles. The van der Waals surface area contributed by atoms with Gasteiger partial charge in [-0.15, -0.1) is 11.8 Å². The first-order valence-electron chi connectivity index (χ1n) is 7.76. The first kappa shape index (κ1) is 16.9. The Bertz CT molecular complexity index is 814. The van der Waals surface area contributed by atoms with Crippen molar-refractivity contribution in [3.8, 4) is 0 Å². The number of thioether (sulfide) groups is 1. The van der Waals surface area contributed by atoms with Crippen molar-refractivity contribution < 1.29 is 4.79 Å². The Balaban J connectivity index is 1.34. The van der Waals surface area contributed by atoms with Crippen LogP contribution in [0.15, 0.2) is 30.6 Å². The molecule has 8 heteroatoms. The second-order valence-electron chi connectivity index (χ2n) is 5.42. The van der Waals surface area contributed by atoms with E-state index in [9.17, 15) is 4.79 Å². The summed E-state index contributed by atoms with van der Waals surface area (Å²) < 4.78 is 10.5. The number of imidazole rings is 1. The average Bonchev–Trinajstić information content (AvgIpc) is 3.18. The first-order valence-corrected chi connectivity index (χ1v) is 9.65. The maximum Gasteiger partial charge on any atom is 0.230 e. The van der Waals surface area contributed by atoms with Gasteiger partial charge in [-0.1, -0.05) is 12.1 Å². The van der Waals surface area contributed by atoms with E-state index in [0.717, 1.165) is 41.1 Å².